The topological polar surface area (TPSA) is 56.1 Å². The Bertz CT molecular complexity index is 658. The lowest BCUT2D eigenvalue weighted by molar-refractivity contribution is 0.182. The highest BCUT2D eigenvalue weighted by molar-refractivity contribution is 6.32. The van der Waals surface area contributed by atoms with E-state index in [1.165, 1.54) is 23.0 Å². The van der Waals surface area contributed by atoms with Crippen molar-refractivity contribution in [1.29, 1.82) is 0 Å². The summed E-state index contributed by atoms with van der Waals surface area (Å²) in [6.07, 6.45) is 1.49. The van der Waals surface area contributed by atoms with Crippen molar-refractivity contribution in [2.45, 2.75) is 13.1 Å². The summed E-state index contributed by atoms with van der Waals surface area (Å²) < 4.78 is 18.9. The molecule has 112 valence electrons. The van der Waals surface area contributed by atoms with Crippen LogP contribution in [0, 0.1) is 5.82 Å². The van der Waals surface area contributed by atoms with Crippen LogP contribution in [0.1, 0.15) is 5.56 Å². The molecule has 0 aliphatic heterocycles. The second kappa shape index (κ2) is 7.19. The number of anilines is 1. The predicted octanol–water partition coefficient (Wildman–Crippen LogP) is 2.29. The van der Waals surface area contributed by atoms with Gasteiger partial charge in [0.1, 0.15) is 10.8 Å². The average Bonchev–Trinajstić information content (AvgIpc) is 2.49. The molecule has 1 aromatic carbocycles. The third-order valence-electron chi connectivity index (χ3n) is 2.89. The Labute approximate surface area is 126 Å². The van der Waals surface area contributed by atoms with Crippen molar-refractivity contribution in [3.63, 3.8) is 0 Å². The van der Waals surface area contributed by atoms with Gasteiger partial charge >= 0.3 is 0 Å². The van der Waals surface area contributed by atoms with E-state index >= 15 is 0 Å². The number of benzene rings is 1. The number of methoxy groups -OCH3 is 1. The summed E-state index contributed by atoms with van der Waals surface area (Å²) in [5, 5.41) is 7.10. The van der Waals surface area contributed by atoms with Crippen LogP contribution in [-0.2, 0) is 17.8 Å². The molecule has 5 nitrogen and oxygen atoms in total. The SMILES string of the molecule is COCCn1ncc(NCc2ccc(F)cc2)c(Cl)c1=O. The monoisotopic (exact) mass is 311 g/mol. The van der Waals surface area contributed by atoms with Crippen LogP contribution >= 0.6 is 11.6 Å². The van der Waals surface area contributed by atoms with E-state index in [2.05, 4.69) is 10.4 Å². The molecule has 21 heavy (non-hydrogen) atoms. The van der Waals surface area contributed by atoms with E-state index in [0.717, 1.165) is 5.56 Å². The molecule has 0 amide bonds. The third-order valence-corrected chi connectivity index (χ3v) is 3.25. The largest absolute Gasteiger partial charge is 0.383 e. The van der Waals surface area contributed by atoms with Crippen molar-refractivity contribution in [2.75, 3.05) is 19.0 Å². The molecule has 0 aliphatic rings. The van der Waals surface area contributed by atoms with Gasteiger partial charge < -0.3 is 10.1 Å². The molecular weight excluding hydrogens is 297 g/mol. The molecular formula is C14H15ClFN3O2. The Morgan fingerprint density at radius 2 is 2.10 bits per heavy atom. The first kappa shape index (κ1) is 15.5. The average molecular weight is 312 g/mol. The molecule has 0 saturated carbocycles. The molecule has 0 bridgehead atoms. The fourth-order valence-electron chi connectivity index (χ4n) is 1.72. The first-order chi connectivity index (χ1) is 10.1. The van der Waals surface area contributed by atoms with Gasteiger partial charge in [0.05, 0.1) is 25.0 Å². The molecule has 7 heteroatoms. The number of hydrogen-bond acceptors (Lipinski definition) is 4. The summed E-state index contributed by atoms with van der Waals surface area (Å²) in [6.45, 7) is 1.14. The van der Waals surface area contributed by atoms with Gasteiger partial charge in [-0.15, -0.1) is 0 Å². The summed E-state index contributed by atoms with van der Waals surface area (Å²) in [6, 6.07) is 6.06. The Balaban J connectivity index is 2.08. The molecule has 0 aliphatic carbocycles. The molecule has 2 rings (SSSR count). The Morgan fingerprint density at radius 3 is 2.76 bits per heavy atom. The summed E-state index contributed by atoms with van der Waals surface area (Å²) in [5.41, 5.74) is 0.938. The molecule has 1 heterocycles. The van der Waals surface area contributed by atoms with Crippen LogP contribution in [-0.4, -0.2) is 23.5 Å². The van der Waals surface area contributed by atoms with Gasteiger partial charge in [0.25, 0.3) is 5.56 Å². The maximum absolute atomic E-state index is 12.8. The van der Waals surface area contributed by atoms with Crippen LogP contribution in [0.4, 0.5) is 10.1 Å². The van der Waals surface area contributed by atoms with Crippen LogP contribution in [0.25, 0.3) is 0 Å². The highest BCUT2D eigenvalue weighted by atomic mass is 35.5. The smallest absolute Gasteiger partial charge is 0.287 e. The summed E-state index contributed by atoms with van der Waals surface area (Å²) in [7, 11) is 1.55. The van der Waals surface area contributed by atoms with E-state index < -0.39 is 0 Å². The van der Waals surface area contributed by atoms with E-state index in [1.54, 1.807) is 19.2 Å². The van der Waals surface area contributed by atoms with Crippen LogP contribution < -0.4 is 10.9 Å². The van der Waals surface area contributed by atoms with Crippen molar-refractivity contribution in [1.82, 2.24) is 9.78 Å². The minimum atomic E-state index is -0.377. The minimum Gasteiger partial charge on any atom is -0.383 e. The van der Waals surface area contributed by atoms with Crippen molar-refractivity contribution >= 4 is 17.3 Å². The zero-order valence-electron chi connectivity index (χ0n) is 11.5. The van der Waals surface area contributed by atoms with Gasteiger partial charge in [0, 0.05) is 13.7 Å². The Morgan fingerprint density at radius 1 is 1.38 bits per heavy atom. The van der Waals surface area contributed by atoms with Crippen molar-refractivity contribution in [2.24, 2.45) is 0 Å². The second-order valence-electron chi connectivity index (χ2n) is 4.37. The number of ether oxygens (including phenoxy) is 1. The van der Waals surface area contributed by atoms with Gasteiger partial charge in [-0.2, -0.15) is 5.10 Å². The number of nitrogens with zero attached hydrogens (tertiary/aromatic N) is 2. The molecule has 0 fully saturated rings. The Kier molecular flexibility index (Phi) is 5.30. The van der Waals surface area contributed by atoms with Crippen LogP contribution in [0.3, 0.4) is 0 Å². The first-order valence-electron chi connectivity index (χ1n) is 6.34. The lowest BCUT2D eigenvalue weighted by atomic mass is 10.2. The number of hydrogen-bond donors (Lipinski definition) is 1. The van der Waals surface area contributed by atoms with Gasteiger partial charge in [-0.3, -0.25) is 4.79 Å². The van der Waals surface area contributed by atoms with Gasteiger partial charge in [-0.1, -0.05) is 23.7 Å². The van der Waals surface area contributed by atoms with Crippen LogP contribution in [0.5, 0.6) is 0 Å². The molecule has 0 atom stereocenters. The predicted molar refractivity (Wildman–Crippen MR) is 79.1 cm³/mol. The Hall–Kier alpha value is -1.92. The summed E-state index contributed by atoms with van der Waals surface area (Å²) >= 11 is 6.03. The van der Waals surface area contributed by atoms with E-state index in [9.17, 15) is 9.18 Å². The molecule has 1 aromatic heterocycles. The highest BCUT2D eigenvalue weighted by Gasteiger charge is 2.09. The summed E-state index contributed by atoms with van der Waals surface area (Å²) in [4.78, 5) is 12.0. The van der Waals surface area contributed by atoms with Crippen molar-refractivity contribution in [3.8, 4) is 0 Å². The van der Waals surface area contributed by atoms with Gasteiger partial charge in [0.15, 0.2) is 0 Å². The normalized spacial score (nSPS) is 10.6. The van der Waals surface area contributed by atoms with E-state index in [-0.39, 0.29) is 16.4 Å². The molecule has 0 spiro atoms. The molecule has 2 aromatic rings. The lowest BCUT2D eigenvalue weighted by Gasteiger charge is -2.10. The standard InChI is InChI=1S/C14H15ClFN3O2/c1-21-7-6-19-14(20)13(15)12(9-18-19)17-8-10-2-4-11(16)5-3-10/h2-5,9,17H,6-8H2,1H3. The van der Waals surface area contributed by atoms with E-state index in [0.29, 0.717) is 25.4 Å². The zero-order valence-corrected chi connectivity index (χ0v) is 12.2. The third kappa shape index (κ3) is 4.03. The molecule has 0 saturated heterocycles. The van der Waals surface area contributed by atoms with Gasteiger partial charge in [-0.05, 0) is 17.7 Å². The second-order valence-corrected chi connectivity index (χ2v) is 4.75. The first-order valence-corrected chi connectivity index (χ1v) is 6.72. The fourth-order valence-corrected chi connectivity index (χ4v) is 1.94. The number of rotatable bonds is 6. The van der Waals surface area contributed by atoms with Crippen molar-refractivity contribution in [3.05, 3.63) is 57.2 Å². The summed E-state index contributed by atoms with van der Waals surface area (Å²) in [5.74, 6) is -0.292. The number of nitrogens with one attached hydrogen (secondary N) is 1. The molecule has 1 N–H and O–H groups in total. The van der Waals surface area contributed by atoms with Crippen LogP contribution in [0.15, 0.2) is 35.3 Å². The number of halogens is 2. The highest BCUT2D eigenvalue weighted by Crippen LogP contribution is 2.16. The quantitative estimate of drug-likeness (QED) is 0.889. The van der Waals surface area contributed by atoms with Gasteiger partial charge in [0.2, 0.25) is 0 Å². The van der Waals surface area contributed by atoms with Gasteiger partial charge in [-0.25, -0.2) is 9.07 Å². The van der Waals surface area contributed by atoms with Crippen LogP contribution in [0.2, 0.25) is 5.02 Å². The zero-order chi connectivity index (χ0) is 15.2. The van der Waals surface area contributed by atoms with Crippen molar-refractivity contribution < 1.29 is 9.13 Å². The lowest BCUT2D eigenvalue weighted by Crippen LogP contribution is -2.26. The molecule has 0 unspecified atom stereocenters. The minimum absolute atomic E-state index is 0.0724. The fraction of sp³-hybridized carbons (Fsp3) is 0.286. The maximum atomic E-state index is 12.8. The van der Waals surface area contributed by atoms with E-state index in [1.807, 2.05) is 0 Å². The maximum Gasteiger partial charge on any atom is 0.287 e. The molecule has 0 radical (unpaired) electrons. The van der Waals surface area contributed by atoms with E-state index in [4.69, 9.17) is 16.3 Å². The number of aromatic nitrogens is 2.